The lowest BCUT2D eigenvalue weighted by Gasteiger charge is -2.19. The number of halogens is 2. The van der Waals surface area contributed by atoms with Crippen molar-refractivity contribution >= 4 is 0 Å². The van der Waals surface area contributed by atoms with Crippen LogP contribution in [0.4, 0.5) is 8.78 Å². The van der Waals surface area contributed by atoms with Crippen molar-refractivity contribution in [3.63, 3.8) is 0 Å². The molecule has 0 aromatic heterocycles. The molecule has 0 heterocycles. The van der Waals surface area contributed by atoms with Gasteiger partial charge in [-0.25, -0.2) is 0 Å². The molecule has 0 fully saturated rings. The number of hydrogen-bond donors (Lipinski definition) is 0. The normalized spacial score (nSPS) is 11.7. The van der Waals surface area contributed by atoms with E-state index in [9.17, 15) is 8.78 Å². The summed E-state index contributed by atoms with van der Waals surface area (Å²) in [7, 11) is 0. The molecule has 0 aromatic carbocycles. The molecule has 0 spiro atoms. The minimum absolute atomic E-state index is 0.0232. The van der Waals surface area contributed by atoms with Crippen molar-refractivity contribution in [1.82, 2.24) is 0 Å². The van der Waals surface area contributed by atoms with E-state index in [1.807, 2.05) is 0 Å². The van der Waals surface area contributed by atoms with Crippen LogP contribution in [0, 0.1) is 18.3 Å². The van der Waals surface area contributed by atoms with E-state index in [-0.39, 0.29) is 6.61 Å². The molecule has 70 valence electrons. The van der Waals surface area contributed by atoms with Gasteiger partial charge in [-0.3, -0.25) is 0 Å². The van der Waals surface area contributed by atoms with Crippen LogP contribution in [0.5, 0.6) is 0 Å². The standard InChI is InChI=1S/C9H14F2O/c1-4-5-6-7-12-9(10,11)8(2)3/h1,8H,5-7H2,2-3H3. The maximum absolute atomic E-state index is 12.7. The molecule has 0 aromatic rings. The number of alkyl halides is 2. The molecule has 0 aliphatic carbocycles. The third-order valence-corrected chi connectivity index (χ3v) is 1.43. The molecular weight excluding hydrogens is 162 g/mol. The Morgan fingerprint density at radius 2 is 2.08 bits per heavy atom. The van der Waals surface area contributed by atoms with Gasteiger partial charge in [0.05, 0.1) is 6.61 Å². The Bertz CT molecular complexity index is 158. The van der Waals surface area contributed by atoms with Gasteiger partial charge in [0.15, 0.2) is 0 Å². The average molecular weight is 176 g/mol. The van der Waals surface area contributed by atoms with Crippen molar-refractivity contribution in [3.8, 4) is 12.3 Å². The van der Waals surface area contributed by atoms with Crippen molar-refractivity contribution in [3.05, 3.63) is 0 Å². The van der Waals surface area contributed by atoms with E-state index < -0.39 is 12.0 Å². The van der Waals surface area contributed by atoms with Crippen LogP contribution in [-0.2, 0) is 4.74 Å². The third-order valence-electron chi connectivity index (χ3n) is 1.43. The lowest BCUT2D eigenvalue weighted by molar-refractivity contribution is -0.264. The van der Waals surface area contributed by atoms with Gasteiger partial charge in [-0.15, -0.1) is 12.3 Å². The number of hydrogen-bond acceptors (Lipinski definition) is 1. The van der Waals surface area contributed by atoms with Gasteiger partial charge in [0.25, 0.3) is 0 Å². The van der Waals surface area contributed by atoms with Gasteiger partial charge in [-0.2, -0.15) is 8.78 Å². The zero-order chi connectivity index (χ0) is 9.61. The largest absolute Gasteiger partial charge is 0.357 e. The molecule has 0 aliphatic rings. The van der Waals surface area contributed by atoms with Crippen molar-refractivity contribution in [2.45, 2.75) is 32.8 Å². The van der Waals surface area contributed by atoms with E-state index in [2.05, 4.69) is 10.7 Å². The highest BCUT2D eigenvalue weighted by Gasteiger charge is 2.33. The van der Waals surface area contributed by atoms with Gasteiger partial charge in [-0.1, -0.05) is 13.8 Å². The van der Waals surface area contributed by atoms with E-state index in [1.165, 1.54) is 13.8 Å². The Kier molecular flexibility index (Phi) is 4.84. The summed E-state index contributed by atoms with van der Waals surface area (Å²) in [5, 5.41) is 0. The van der Waals surface area contributed by atoms with Crippen LogP contribution in [0.1, 0.15) is 26.7 Å². The Morgan fingerprint density at radius 1 is 1.50 bits per heavy atom. The number of terminal acetylenes is 1. The summed E-state index contributed by atoms with van der Waals surface area (Å²) in [5.74, 6) is 1.57. The minimum Gasteiger partial charge on any atom is -0.320 e. The topological polar surface area (TPSA) is 9.23 Å². The van der Waals surface area contributed by atoms with Crippen LogP contribution in [0.2, 0.25) is 0 Å². The highest BCUT2D eigenvalue weighted by atomic mass is 19.3. The van der Waals surface area contributed by atoms with Gasteiger partial charge < -0.3 is 4.74 Å². The molecule has 12 heavy (non-hydrogen) atoms. The summed E-state index contributed by atoms with van der Waals surface area (Å²) in [5.41, 5.74) is 0. The number of ether oxygens (including phenoxy) is 1. The van der Waals surface area contributed by atoms with E-state index in [1.54, 1.807) is 0 Å². The van der Waals surface area contributed by atoms with Gasteiger partial charge in [0.2, 0.25) is 0 Å². The molecule has 0 unspecified atom stereocenters. The fourth-order valence-electron chi connectivity index (χ4n) is 0.549. The fraction of sp³-hybridized carbons (Fsp3) is 0.778. The molecule has 0 amide bonds. The maximum atomic E-state index is 12.7. The Hall–Kier alpha value is -0.620. The first-order valence-corrected chi connectivity index (χ1v) is 3.96. The van der Waals surface area contributed by atoms with Crippen LogP contribution >= 0.6 is 0 Å². The second-order valence-corrected chi connectivity index (χ2v) is 2.87. The van der Waals surface area contributed by atoms with E-state index >= 15 is 0 Å². The molecule has 0 aliphatic heterocycles. The molecule has 1 nitrogen and oxygen atoms in total. The van der Waals surface area contributed by atoms with Crippen LogP contribution in [0.25, 0.3) is 0 Å². The molecule has 0 bridgehead atoms. The first kappa shape index (κ1) is 11.4. The average Bonchev–Trinajstić information content (AvgIpc) is 1.98. The maximum Gasteiger partial charge on any atom is 0.357 e. The highest BCUT2D eigenvalue weighted by Crippen LogP contribution is 2.25. The second kappa shape index (κ2) is 5.10. The van der Waals surface area contributed by atoms with Crippen molar-refractivity contribution in [2.75, 3.05) is 6.61 Å². The molecule has 0 N–H and O–H groups in total. The first-order valence-electron chi connectivity index (χ1n) is 3.96. The van der Waals surface area contributed by atoms with Crippen LogP contribution in [-0.4, -0.2) is 12.7 Å². The molecular formula is C9H14F2O. The molecule has 3 heteroatoms. The quantitative estimate of drug-likeness (QED) is 0.462. The van der Waals surface area contributed by atoms with Crippen LogP contribution in [0.15, 0.2) is 0 Å². The predicted octanol–water partition coefficient (Wildman–Crippen LogP) is 2.67. The summed E-state index contributed by atoms with van der Waals surface area (Å²) in [6.45, 7) is 2.86. The molecule has 0 rings (SSSR count). The number of unbranched alkanes of at least 4 members (excludes halogenated alkanes) is 1. The van der Waals surface area contributed by atoms with Gasteiger partial charge in [0.1, 0.15) is 0 Å². The summed E-state index contributed by atoms with van der Waals surface area (Å²) in [6, 6.07) is 0. The summed E-state index contributed by atoms with van der Waals surface area (Å²) >= 11 is 0. The second-order valence-electron chi connectivity index (χ2n) is 2.87. The fourth-order valence-corrected chi connectivity index (χ4v) is 0.549. The predicted molar refractivity (Wildman–Crippen MR) is 43.8 cm³/mol. The van der Waals surface area contributed by atoms with Crippen LogP contribution in [0.3, 0.4) is 0 Å². The van der Waals surface area contributed by atoms with Gasteiger partial charge >= 0.3 is 6.11 Å². The zero-order valence-corrected chi connectivity index (χ0v) is 7.44. The van der Waals surface area contributed by atoms with Gasteiger partial charge in [0, 0.05) is 12.3 Å². The van der Waals surface area contributed by atoms with Gasteiger partial charge in [-0.05, 0) is 6.42 Å². The lowest BCUT2D eigenvalue weighted by Crippen LogP contribution is -2.28. The molecule has 0 atom stereocenters. The Morgan fingerprint density at radius 3 is 2.50 bits per heavy atom. The lowest BCUT2D eigenvalue weighted by atomic mass is 10.2. The minimum atomic E-state index is -3.02. The summed E-state index contributed by atoms with van der Waals surface area (Å²) in [4.78, 5) is 0. The zero-order valence-electron chi connectivity index (χ0n) is 7.44. The van der Waals surface area contributed by atoms with E-state index in [4.69, 9.17) is 6.42 Å². The Labute approximate surface area is 72.1 Å². The summed E-state index contributed by atoms with van der Waals surface area (Å²) < 4.78 is 29.8. The monoisotopic (exact) mass is 176 g/mol. The van der Waals surface area contributed by atoms with Crippen molar-refractivity contribution in [2.24, 2.45) is 5.92 Å². The van der Waals surface area contributed by atoms with E-state index in [0.717, 1.165) is 0 Å². The Balaban J connectivity index is 3.56. The van der Waals surface area contributed by atoms with E-state index in [0.29, 0.717) is 12.8 Å². The molecule has 0 radical (unpaired) electrons. The smallest absolute Gasteiger partial charge is 0.320 e. The SMILES string of the molecule is C#CCCCOC(F)(F)C(C)C. The van der Waals surface area contributed by atoms with Crippen molar-refractivity contribution in [1.29, 1.82) is 0 Å². The molecule has 0 saturated heterocycles. The van der Waals surface area contributed by atoms with Crippen molar-refractivity contribution < 1.29 is 13.5 Å². The number of rotatable bonds is 5. The third kappa shape index (κ3) is 4.30. The highest BCUT2D eigenvalue weighted by molar-refractivity contribution is 4.82. The summed E-state index contributed by atoms with van der Waals surface area (Å²) in [6.07, 6.45) is 2.89. The molecule has 0 saturated carbocycles. The van der Waals surface area contributed by atoms with Crippen LogP contribution < -0.4 is 0 Å². The first-order chi connectivity index (χ1) is 5.50.